The van der Waals surface area contributed by atoms with Crippen molar-refractivity contribution in [3.05, 3.63) is 47.9 Å². The summed E-state index contributed by atoms with van der Waals surface area (Å²) in [5, 5.41) is 8.23. The fourth-order valence-electron chi connectivity index (χ4n) is 2.46. The molecular formula is C19H23N3O4. The van der Waals surface area contributed by atoms with E-state index in [4.69, 9.17) is 4.42 Å². The Morgan fingerprint density at radius 1 is 1.00 bits per heavy atom. The molecular weight excluding hydrogens is 334 g/mol. The largest absolute Gasteiger partial charge is 0.459 e. The van der Waals surface area contributed by atoms with Gasteiger partial charge in [-0.15, -0.1) is 0 Å². The Hall–Kier alpha value is -3.09. The second kappa shape index (κ2) is 8.33. The minimum atomic E-state index is -0.739. The fraction of sp³-hybridized carbons (Fsp3) is 0.316. The topological polar surface area (TPSA) is 100 Å². The molecule has 1 unspecified atom stereocenters. The minimum Gasteiger partial charge on any atom is -0.459 e. The predicted octanol–water partition coefficient (Wildman–Crippen LogP) is 2.94. The average Bonchev–Trinajstić information content (AvgIpc) is 3.10. The highest BCUT2D eigenvalue weighted by atomic mass is 16.3. The van der Waals surface area contributed by atoms with Gasteiger partial charge in [0.2, 0.25) is 11.8 Å². The number of anilines is 2. The van der Waals surface area contributed by atoms with Crippen LogP contribution >= 0.6 is 0 Å². The van der Waals surface area contributed by atoms with Crippen molar-refractivity contribution in [3.8, 4) is 0 Å². The Balaban J connectivity index is 2.15. The molecule has 2 rings (SSSR count). The van der Waals surface area contributed by atoms with E-state index in [0.29, 0.717) is 11.4 Å². The van der Waals surface area contributed by atoms with E-state index in [-0.39, 0.29) is 23.5 Å². The van der Waals surface area contributed by atoms with Crippen LogP contribution in [0.3, 0.4) is 0 Å². The van der Waals surface area contributed by atoms with Gasteiger partial charge in [-0.05, 0) is 42.7 Å². The summed E-state index contributed by atoms with van der Waals surface area (Å²) in [6.07, 6.45) is 1.40. The zero-order chi connectivity index (χ0) is 19.3. The first-order chi connectivity index (χ1) is 12.3. The van der Waals surface area contributed by atoms with Crippen molar-refractivity contribution in [2.75, 3.05) is 10.6 Å². The van der Waals surface area contributed by atoms with Gasteiger partial charge in [-0.2, -0.15) is 0 Å². The first-order valence-corrected chi connectivity index (χ1v) is 8.32. The molecule has 0 radical (unpaired) electrons. The van der Waals surface area contributed by atoms with Gasteiger partial charge in [-0.1, -0.05) is 19.9 Å². The van der Waals surface area contributed by atoms with Crippen molar-refractivity contribution in [3.63, 3.8) is 0 Å². The average molecular weight is 357 g/mol. The van der Waals surface area contributed by atoms with Crippen LogP contribution in [-0.2, 0) is 9.59 Å². The third-order valence-corrected chi connectivity index (χ3v) is 3.88. The van der Waals surface area contributed by atoms with Gasteiger partial charge in [0.25, 0.3) is 5.91 Å². The lowest BCUT2D eigenvalue weighted by atomic mass is 10.0. The van der Waals surface area contributed by atoms with Gasteiger partial charge in [0, 0.05) is 18.3 Å². The van der Waals surface area contributed by atoms with E-state index < -0.39 is 11.9 Å². The van der Waals surface area contributed by atoms with Crippen LogP contribution in [0.5, 0.6) is 0 Å². The van der Waals surface area contributed by atoms with Crippen molar-refractivity contribution in [2.24, 2.45) is 5.92 Å². The number of carbonyl (C=O) groups excluding carboxylic acids is 3. The Labute approximate surface area is 152 Å². The molecule has 3 N–H and O–H groups in total. The third-order valence-electron chi connectivity index (χ3n) is 3.88. The lowest BCUT2D eigenvalue weighted by Gasteiger charge is -2.22. The van der Waals surface area contributed by atoms with Crippen LogP contribution in [0.15, 0.2) is 41.0 Å². The maximum absolute atomic E-state index is 12.7. The summed E-state index contributed by atoms with van der Waals surface area (Å²) in [4.78, 5) is 36.2. The molecule has 1 atom stereocenters. The molecule has 138 valence electrons. The summed E-state index contributed by atoms with van der Waals surface area (Å²) in [7, 11) is 0. The maximum atomic E-state index is 12.7. The highest BCUT2D eigenvalue weighted by Gasteiger charge is 2.26. The number of rotatable bonds is 6. The number of hydrogen-bond donors (Lipinski definition) is 3. The Morgan fingerprint density at radius 2 is 1.65 bits per heavy atom. The van der Waals surface area contributed by atoms with Gasteiger partial charge in [-0.3, -0.25) is 14.4 Å². The Kier molecular flexibility index (Phi) is 6.16. The number of furan rings is 1. The highest BCUT2D eigenvalue weighted by Crippen LogP contribution is 2.24. The van der Waals surface area contributed by atoms with Crippen LogP contribution < -0.4 is 16.0 Å². The molecule has 3 amide bonds. The molecule has 26 heavy (non-hydrogen) atoms. The molecule has 0 saturated heterocycles. The smallest absolute Gasteiger partial charge is 0.287 e. The predicted molar refractivity (Wildman–Crippen MR) is 98.9 cm³/mol. The van der Waals surface area contributed by atoms with Gasteiger partial charge in [0.1, 0.15) is 6.04 Å². The van der Waals surface area contributed by atoms with Crippen LogP contribution in [0.1, 0.15) is 36.9 Å². The molecule has 1 heterocycles. The molecule has 0 saturated carbocycles. The van der Waals surface area contributed by atoms with E-state index in [1.165, 1.54) is 19.3 Å². The van der Waals surface area contributed by atoms with Crippen molar-refractivity contribution in [1.29, 1.82) is 0 Å². The molecule has 7 heteroatoms. The minimum absolute atomic E-state index is 0.132. The zero-order valence-corrected chi connectivity index (χ0v) is 15.3. The van der Waals surface area contributed by atoms with Gasteiger partial charge in [-0.25, -0.2) is 0 Å². The summed E-state index contributed by atoms with van der Waals surface area (Å²) in [6, 6.07) is 7.63. The number of nitrogens with one attached hydrogen (secondary N) is 3. The van der Waals surface area contributed by atoms with Crippen LogP contribution in [-0.4, -0.2) is 23.8 Å². The van der Waals surface area contributed by atoms with Crippen molar-refractivity contribution >= 4 is 29.1 Å². The molecule has 0 fully saturated rings. The highest BCUT2D eigenvalue weighted by molar-refractivity contribution is 6.01. The van der Waals surface area contributed by atoms with Crippen molar-refractivity contribution < 1.29 is 18.8 Å². The number of hydrogen-bond acceptors (Lipinski definition) is 4. The molecule has 0 bridgehead atoms. The zero-order valence-electron chi connectivity index (χ0n) is 15.3. The van der Waals surface area contributed by atoms with E-state index >= 15 is 0 Å². The van der Waals surface area contributed by atoms with Gasteiger partial charge in [0.15, 0.2) is 5.76 Å². The molecule has 0 aliphatic heterocycles. The van der Waals surface area contributed by atoms with Gasteiger partial charge < -0.3 is 20.4 Å². The summed E-state index contributed by atoms with van der Waals surface area (Å²) in [5.74, 6) is -0.974. The number of benzene rings is 1. The molecule has 1 aromatic carbocycles. The third kappa shape index (κ3) is 4.72. The second-order valence-corrected chi connectivity index (χ2v) is 6.32. The lowest BCUT2D eigenvalue weighted by molar-refractivity contribution is -0.119. The molecule has 1 aromatic heterocycles. The SMILES string of the molecule is CC(=O)Nc1cccc(NC(=O)C(NC(=O)c2ccco2)C(C)C)c1C. The van der Waals surface area contributed by atoms with Crippen LogP contribution in [0.4, 0.5) is 11.4 Å². The quantitative estimate of drug-likeness (QED) is 0.740. The van der Waals surface area contributed by atoms with E-state index in [1.807, 2.05) is 13.8 Å². The van der Waals surface area contributed by atoms with Crippen LogP contribution in [0, 0.1) is 12.8 Å². The normalized spacial score (nSPS) is 11.7. The Bertz CT molecular complexity index is 797. The monoisotopic (exact) mass is 357 g/mol. The molecule has 7 nitrogen and oxygen atoms in total. The summed E-state index contributed by atoms with van der Waals surface area (Å²) in [6.45, 7) is 6.90. The van der Waals surface area contributed by atoms with Crippen molar-refractivity contribution in [1.82, 2.24) is 5.32 Å². The molecule has 0 aliphatic rings. The van der Waals surface area contributed by atoms with Crippen LogP contribution in [0.25, 0.3) is 0 Å². The van der Waals surface area contributed by atoms with Crippen molar-refractivity contribution in [2.45, 2.75) is 33.7 Å². The second-order valence-electron chi connectivity index (χ2n) is 6.32. The first-order valence-electron chi connectivity index (χ1n) is 8.32. The van der Waals surface area contributed by atoms with E-state index in [2.05, 4.69) is 16.0 Å². The number of carbonyl (C=O) groups is 3. The molecule has 0 aliphatic carbocycles. The number of amides is 3. The van der Waals surface area contributed by atoms with E-state index in [9.17, 15) is 14.4 Å². The van der Waals surface area contributed by atoms with Crippen LogP contribution in [0.2, 0.25) is 0 Å². The summed E-state index contributed by atoms with van der Waals surface area (Å²) >= 11 is 0. The van der Waals surface area contributed by atoms with E-state index in [1.54, 1.807) is 31.2 Å². The summed E-state index contributed by atoms with van der Waals surface area (Å²) in [5.41, 5.74) is 1.92. The standard InChI is InChI=1S/C19H23N3O4/c1-11(2)17(22-18(24)16-9-6-10-26-16)19(25)21-15-8-5-7-14(12(15)3)20-13(4)23/h5-11,17H,1-4H3,(H,20,23)(H,21,25)(H,22,24). The Morgan fingerprint density at radius 3 is 2.19 bits per heavy atom. The maximum Gasteiger partial charge on any atom is 0.287 e. The lowest BCUT2D eigenvalue weighted by Crippen LogP contribution is -2.47. The first kappa shape index (κ1) is 19.2. The summed E-state index contributed by atoms with van der Waals surface area (Å²) < 4.78 is 5.06. The van der Waals surface area contributed by atoms with Gasteiger partial charge >= 0.3 is 0 Å². The fourth-order valence-corrected chi connectivity index (χ4v) is 2.46. The molecule has 2 aromatic rings. The van der Waals surface area contributed by atoms with Gasteiger partial charge in [0.05, 0.1) is 6.26 Å². The van der Waals surface area contributed by atoms with E-state index in [0.717, 1.165) is 5.56 Å². The molecule has 0 spiro atoms.